The lowest BCUT2D eigenvalue weighted by Gasteiger charge is -2.22. The standard InChI is InChI=1S/C16H24N2O3/c1-5-7-8-18(6-2)16(21)17-14-12(4)9-11(3)10-13(14)15(19)20/h9-10H,5-8H2,1-4H3,(H,17,21)(H,19,20). The van der Waals surface area contributed by atoms with Crippen LogP contribution < -0.4 is 5.32 Å². The van der Waals surface area contributed by atoms with E-state index in [-0.39, 0.29) is 11.6 Å². The molecule has 21 heavy (non-hydrogen) atoms. The van der Waals surface area contributed by atoms with Crippen LogP contribution >= 0.6 is 0 Å². The molecule has 1 aromatic carbocycles. The van der Waals surface area contributed by atoms with E-state index in [1.165, 1.54) is 0 Å². The van der Waals surface area contributed by atoms with E-state index in [9.17, 15) is 14.7 Å². The second kappa shape index (κ2) is 7.67. The molecule has 0 bridgehead atoms. The Morgan fingerprint density at radius 1 is 1.24 bits per heavy atom. The lowest BCUT2D eigenvalue weighted by molar-refractivity contribution is 0.0698. The number of carboxylic acids is 1. The number of anilines is 1. The molecule has 1 rings (SSSR count). The smallest absolute Gasteiger partial charge is 0.337 e. The van der Waals surface area contributed by atoms with Crippen LogP contribution in [-0.2, 0) is 0 Å². The number of hydrogen-bond donors (Lipinski definition) is 2. The second-order valence-corrected chi connectivity index (χ2v) is 5.17. The lowest BCUT2D eigenvalue weighted by Crippen LogP contribution is -2.36. The van der Waals surface area contributed by atoms with E-state index >= 15 is 0 Å². The number of carbonyl (C=O) groups excluding carboxylic acids is 1. The van der Waals surface area contributed by atoms with Crippen molar-refractivity contribution in [2.45, 2.75) is 40.5 Å². The van der Waals surface area contributed by atoms with E-state index in [4.69, 9.17) is 0 Å². The van der Waals surface area contributed by atoms with Crippen molar-refractivity contribution in [3.8, 4) is 0 Å². The van der Waals surface area contributed by atoms with Gasteiger partial charge in [-0.25, -0.2) is 9.59 Å². The predicted molar refractivity (Wildman–Crippen MR) is 84.0 cm³/mol. The van der Waals surface area contributed by atoms with Gasteiger partial charge in [0.2, 0.25) is 0 Å². The Balaban J connectivity index is 3.01. The average molecular weight is 292 g/mol. The molecular formula is C16H24N2O3. The largest absolute Gasteiger partial charge is 0.478 e. The van der Waals surface area contributed by atoms with Crippen LogP contribution in [0.15, 0.2) is 12.1 Å². The highest BCUT2D eigenvalue weighted by Crippen LogP contribution is 2.23. The van der Waals surface area contributed by atoms with E-state index in [2.05, 4.69) is 12.2 Å². The van der Waals surface area contributed by atoms with E-state index in [1.54, 1.807) is 17.9 Å². The third-order valence-electron chi connectivity index (χ3n) is 3.39. The fourth-order valence-corrected chi connectivity index (χ4v) is 2.24. The highest BCUT2D eigenvalue weighted by molar-refractivity contribution is 6.01. The van der Waals surface area contributed by atoms with Gasteiger partial charge < -0.3 is 15.3 Å². The molecular weight excluding hydrogens is 268 g/mol. The molecule has 0 heterocycles. The molecule has 5 nitrogen and oxygen atoms in total. The number of benzene rings is 1. The van der Waals surface area contributed by atoms with Crippen LogP contribution in [0.4, 0.5) is 10.5 Å². The number of aryl methyl sites for hydroxylation is 2. The van der Waals surface area contributed by atoms with Crippen molar-refractivity contribution >= 4 is 17.7 Å². The van der Waals surface area contributed by atoms with Crippen LogP contribution in [0.1, 0.15) is 48.2 Å². The van der Waals surface area contributed by atoms with Crippen molar-refractivity contribution in [3.63, 3.8) is 0 Å². The molecule has 5 heteroatoms. The van der Waals surface area contributed by atoms with Gasteiger partial charge in [0, 0.05) is 13.1 Å². The van der Waals surface area contributed by atoms with E-state index in [0.29, 0.717) is 18.8 Å². The van der Waals surface area contributed by atoms with Crippen LogP contribution in [0.2, 0.25) is 0 Å². The van der Waals surface area contributed by atoms with Gasteiger partial charge in [-0.05, 0) is 44.4 Å². The van der Waals surface area contributed by atoms with Crippen molar-refractivity contribution in [1.82, 2.24) is 4.90 Å². The van der Waals surface area contributed by atoms with Gasteiger partial charge in [0.25, 0.3) is 0 Å². The van der Waals surface area contributed by atoms with Crippen LogP contribution in [0, 0.1) is 13.8 Å². The Morgan fingerprint density at radius 2 is 1.90 bits per heavy atom. The van der Waals surface area contributed by atoms with Gasteiger partial charge >= 0.3 is 12.0 Å². The summed E-state index contributed by atoms with van der Waals surface area (Å²) in [6, 6.07) is 3.19. The van der Waals surface area contributed by atoms with E-state index < -0.39 is 5.97 Å². The predicted octanol–water partition coefficient (Wildman–Crippen LogP) is 3.66. The molecule has 0 atom stereocenters. The Kier molecular flexibility index (Phi) is 6.21. The van der Waals surface area contributed by atoms with Crippen LogP contribution in [0.25, 0.3) is 0 Å². The molecule has 116 valence electrons. The van der Waals surface area contributed by atoms with Crippen molar-refractivity contribution in [2.24, 2.45) is 0 Å². The maximum absolute atomic E-state index is 12.3. The first-order valence-corrected chi connectivity index (χ1v) is 7.31. The summed E-state index contributed by atoms with van der Waals surface area (Å²) in [5.74, 6) is -1.03. The maximum Gasteiger partial charge on any atom is 0.337 e. The van der Waals surface area contributed by atoms with Crippen molar-refractivity contribution in [1.29, 1.82) is 0 Å². The van der Waals surface area contributed by atoms with Crippen LogP contribution in [0.5, 0.6) is 0 Å². The first-order valence-electron chi connectivity index (χ1n) is 7.31. The van der Waals surface area contributed by atoms with Gasteiger partial charge in [0.15, 0.2) is 0 Å². The second-order valence-electron chi connectivity index (χ2n) is 5.17. The molecule has 2 N–H and O–H groups in total. The molecule has 0 aliphatic carbocycles. The minimum absolute atomic E-state index is 0.132. The lowest BCUT2D eigenvalue weighted by atomic mass is 10.0. The number of aromatic carboxylic acids is 1. The number of nitrogens with zero attached hydrogens (tertiary/aromatic N) is 1. The van der Waals surface area contributed by atoms with Gasteiger partial charge in [-0.1, -0.05) is 19.4 Å². The molecule has 0 fully saturated rings. The van der Waals surface area contributed by atoms with Crippen molar-refractivity contribution in [3.05, 3.63) is 28.8 Å². The first-order chi connectivity index (χ1) is 9.90. The topological polar surface area (TPSA) is 69.6 Å². The maximum atomic E-state index is 12.3. The number of hydrogen-bond acceptors (Lipinski definition) is 2. The number of carbonyl (C=O) groups is 2. The minimum atomic E-state index is -1.03. The van der Waals surface area contributed by atoms with Crippen molar-refractivity contribution < 1.29 is 14.7 Å². The number of urea groups is 1. The average Bonchev–Trinajstić information content (AvgIpc) is 2.42. The summed E-state index contributed by atoms with van der Waals surface area (Å²) in [6.45, 7) is 8.89. The molecule has 0 spiro atoms. The number of carboxylic acid groups (broad SMARTS) is 1. The van der Waals surface area contributed by atoms with Gasteiger partial charge in [-0.3, -0.25) is 0 Å². The van der Waals surface area contributed by atoms with E-state index in [0.717, 1.165) is 24.0 Å². The summed E-state index contributed by atoms with van der Waals surface area (Å²) in [5.41, 5.74) is 2.13. The third-order valence-corrected chi connectivity index (χ3v) is 3.39. The highest BCUT2D eigenvalue weighted by Gasteiger charge is 2.18. The molecule has 0 aromatic heterocycles. The summed E-state index contributed by atoms with van der Waals surface area (Å²) >= 11 is 0. The third kappa shape index (κ3) is 4.48. The summed E-state index contributed by atoms with van der Waals surface area (Å²) < 4.78 is 0. The van der Waals surface area contributed by atoms with Crippen LogP contribution in [-0.4, -0.2) is 35.1 Å². The molecule has 0 radical (unpaired) electrons. The fraction of sp³-hybridized carbons (Fsp3) is 0.500. The van der Waals surface area contributed by atoms with Gasteiger partial charge in [0.1, 0.15) is 0 Å². The molecule has 2 amide bonds. The normalized spacial score (nSPS) is 10.3. The Bertz CT molecular complexity index is 526. The van der Waals surface area contributed by atoms with Crippen molar-refractivity contribution in [2.75, 3.05) is 18.4 Å². The Morgan fingerprint density at radius 3 is 2.43 bits per heavy atom. The minimum Gasteiger partial charge on any atom is -0.478 e. The molecule has 0 unspecified atom stereocenters. The Labute approximate surface area is 126 Å². The van der Waals surface area contributed by atoms with Crippen LogP contribution in [0.3, 0.4) is 0 Å². The summed E-state index contributed by atoms with van der Waals surface area (Å²) in [6.07, 6.45) is 1.94. The van der Waals surface area contributed by atoms with Gasteiger partial charge in [0.05, 0.1) is 11.3 Å². The zero-order valence-corrected chi connectivity index (χ0v) is 13.2. The summed E-state index contributed by atoms with van der Waals surface area (Å²) in [5, 5.41) is 12.1. The van der Waals surface area contributed by atoms with Gasteiger partial charge in [-0.2, -0.15) is 0 Å². The SMILES string of the molecule is CCCCN(CC)C(=O)Nc1c(C)cc(C)cc1C(=O)O. The number of amides is 2. The fourth-order valence-electron chi connectivity index (χ4n) is 2.24. The molecule has 1 aromatic rings. The summed E-state index contributed by atoms with van der Waals surface area (Å²) in [4.78, 5) is 25.3. The highest BCUT2D eigenvalue weighted by atomic mass is 16.4. The number of rotatable bonds is 6. The number of unbranched alkanes of at least 4 members (excludes halogenated alkanes) is 1. The molecule has 0 aliphatic rings. The van der Waals surface area contributed by atoms with Gasteiger partial charge in [-0.15, -0.1) is 0 Å². The first kappa shape index (κ1) is 17.0. The molecule has 0 saturated heterocycles. The summed E-state index contributed by atoms with van der Waals surface area (Å²) in [7, 11) is 0. The molecule has 0 aliphatic heterocycles. The zero-order valence-electron chi connectivity index (χ0n) is 13.2. The van der Waals surface area contributed by atoms with E-state index in [1.807, 2.05) is 19.9 Å². The Hall–Kier alpha value is -2.04. The monoisotopic (exact) mass is 292 g/mol. The quantitative estimate of drug-likeness (QED) is 0.840. The zero-order chi connectivity index (χ0) is 16.0. The number of nitrogens with one attached hydrogen (secondary N) is 1. The molecule has 0 saturated carbocycles.